The van der Waals surface area contributed by atoms with Crippen molar-refractivity contribution in [2.24, 2.45) is 0 Å². The molecule has 0 bridgehead atoms. The fraction of sp³-hybridized carbons (Fsp3) is 0.286. The van der Waals surface area contributed by atoms with Crippen LogP contribution in [0.1, 0.15) is 12.0 Å². The molecule has 0 atom stereocenters. The van der Waals surface area contributed by atoms with Gasteiger partial charge in [0.15, 0.2) is 11.5 Å². The van der Waals surface area contributed by atoms with Crippen molar-refractivity contribution in [3.8, 4) is 0 Å². The van der Waals surface area contributed by atoms with Gasteiger partial charge in [-0.2, -0.15) is 0 Å². The first-order valence-electron chi connectivity index (χ1n) is 7.02. The molecule has 0 aliphatic heterocycles. The molecule has 0 aliphatic rings. The highest BCUT2D eigenvalue weighted by molar-refractivity contribution is 6.42. The number of nitrogens with zero attached hydrogens (tertiary/aromatic N) is 6. The van der Waals surface area contributed by atoms with Gasteiger partial charge in [-0.1, -0.05) is 29.3 Å². The van der Waals surface area contributed by atoms with E-state index in [0.29, 0.717) is 41.0 Å². The number of aliphatic hydroxyl groups is 1. The van der Waals surface area contributed by atoms with E-state index in [9.17, 15) is 0 Å². The molecule has 120 valence electrons. The lowest BCUT2D eigenvalue weighted by Gasteiger charge is -2.23. The highest BCUT2D eigenvalue weighted by Crippen LogP contribution is 2.24. The van der Waals surface area contributed by atoms with E-state index >= 15 is 0 Å². The Labute approximate surface area is 142 Å². The summed E-state index contributed by atoms with van der Waals surface area (Å²) in [5.74, 6) is 0.712. The quantitative estimate of drug-likeness (QED) is 0.732. The van der Waals surface area contributed by atoms with Gasteiger partial charge >= 0.3 is 0 Å². The number of fused-ring (bicyclic) bond motifs is 1. The van der Waals surface area contributed by atoms with E-state index < -0.39 is 0 Å². The minimum Gasteiger partial charge on any atom is -0.396 e. The maximum absolute atomic E-state index is 9.12. The minimum atomic E-state index is 0.102. The molecule has 7 nitrogen and oxygen atoms in total. The van der Waals surface area contributed by atoms with Crippen LogP contribution in [0.4, 0.5) is 5.82 Å². The molecule has 0 saturated heterocycles. The Hall–Kier alpha value is -1.96. The lowest BCUT2D eigenvalue weighted by atomic mass is 10.2. The van der Waals surface area contributed by atoms with Crippen LogP contribution in [0, 0.1) is 0 Å². The highest BCUT2D eigenvalue weighted by Gasteiger charge is 2.12. The molecule has 0 amide bonds. The average molecular weight is 353 g/mol. The van der Waals surface area contributed by atoms with E-state index in [-0.39, 0.29) is 6.61 Å². The van der Waals surface area contributed by atoms with Crippen molar-refractivity contribution in [2.75, 3.05) is 18.1 Å². The Morgan fingerprint density at radius 1 is 1.13 bits per heavy atom. The van der Waals surface area contributed by atoms with Crippen LogP contribution < -0.4 is 4.90 Å². The van der Waals surface area contributed by atoms with Gasteiger partial charge in [0.1, 0.15) is 0 Å². The van der Waals surface area contributed by atoms with E-state index in [2.05, 4.69) is 20.6 Å². The molecule has 1 aromatic carbocycles. The zero-order valence-electron chi connectivity index (χ0n) is 12.1. The maximum Gasteiger partial charge on any atom is 0.200 e. The van der Waals surface area contributed by atoms with Gasteiger partial charge in [-0.15, -0.1) is 14.8 Å². The number of hydrogen-bond acceptors (Lipinski definition) is 6. The van der Waals surface area contributed by atoms with Crippen molar-refractivity contribution in [3.63, 3.8) is 0 Å². The van der Waals surface area contributed by atoms with Gasteiger partial charge in [-0.05, 0) is 46.7 Å². The number of tetrazole rings is 1. The number of halogens is 2. The van der Waals surface area contributed by atoms with Crippen LogP contribution in [-0.2, 0) is 6.54 Å². The standard InChI is InChI=1S/C14H14Cl2N6O/c15-11-3-2-10(8-12(11)16)9-21(6-1-7-23)14-5-4-13-17-19-20-22(13)18-14/h2-5,8,23H,1,6-7,9H2. The van der Waals surface area contributed by atoms with Crippen molar-refractivity contribution >= 4 is 34.7 Å². The lowest BCUT2D eigenvalue weighted by molar-refractivity contribution is 0.289. The number of aliphatic hydroxyl groups excluding tert-OH is 1. The van der Waals surface area contributed by atoms with Gasteiger partial charge in [-0.25, -0.2) is 0 Å². The second-order valence-electron chi connectivity index (χ2n) is 4.97. The molecule has 2 aromatic heterocycles. The van der Waals surface area contributed by atoms with Crippen LogP contribution in [0.3, 0.4) is 0 Å². The summed E-state index contributed by atoms with van der Waals surface area (Å²) in [6.07, 6.45) is 0.622. The van der Waals surface area contributed by atoms with Gasteiger partial charge in [0, 0.05) is 19.7 Å². The van der Waals surface area contributed by atoms with Gasteiger partial charge < -0.3 is 10.0 Å². The van der Waals surface area contributed by atoms with Gasteiger partial charge in [0.05, 0.1) is 10.0 Å². The van der Waals surface area contributed by atoms with Crippen LogP contribution >= 0.6 is 23.2 Å². The third kappa shape index (κ3) is 3.69. The maximum atomic E-state index is 9.12. The number of aromatic nitrogens is 5. The molecule has 0 fully saturated rings. The van der Waals surface area contributed by atoms with Crippen molar-refractivity contribution in [2.45, 2.75) is 13.0 Å². The molecule has 9 heteroatoms. The minimum absolute atomic E-state index is 0.102. The van der Waals surface area contributed by atoms with Crippen molar-refractivity contribution in [1.82, 2.24) is 25.3 Å². The van der Waals surface area contributed by atoms with Crippen LogP contribution in [0.5, 0.6) is 0 Å². The summed E-state index contributed by atoms with van der Waals surface area (Å²) < 4.78 is 1.37. The van der Waals surface area contributed by atoms with Crippen LogP contribution in [0.15, 0.2) is 30.3 Å². The van der Waals surface area contributed by atoms with Gasteiger partial charge in [0.2, 0.25) is 0 Å². The van der Waals surface area contributed by atoms with E-state index in [4.69, 9.17) is 28.3 Å². The first-order valence-corrected chi connectivity index (χ1v) is 7.78. The summed E-state index contributed by atoms with van der Waals surface area (Å²) >= 11 is 12.0. The van der Waals surface area contributed by atoms with Crippen molar-refractivity contribution < 1.29 is 5.11 Å². The number of hydrogen-bond donors (Lipinski definition) is 1. The van der Waals surface area contributed by atoms with Gasteiger partial charge in [0.25, 0.3) is 0 Å². The SMILES string of the molecule is OCCCN(Cc1ccc(Cl)c(Cl)c1)c1ccc2nnnn2n1. The molecule has 1 N–H and O–H groups in total. The molecule has 0 radical (unpaired) electrons. The molecule has 0 spiro atoms. The monoisotopic (exact) mass is 352 g/mol. The Morgan fingerprint density at radius 2 is 2.00 bits per heavy atom. The summed E-state index contributed by atoms with van der Waals surface area (Å²) in [6.45, 7) is 1.32. The summed E-state index contributed by atoms with van der Waals surface area (Å²) in [6, 6.07) is 9.15. The molecule has 3 aromatic rings. The molecule has 0 aliphatic carbocycles. The second kappa shape index (κ2) is 7.08. The zero-order chi connectivity index (χ0) is 16.2. The third-order valence-electron chi connectivity index (χ3n) is 3.32. The van der Waals surface area contributed by atoms with Crippen LogP contribution in [-0.4, -0.2) is 43.5 Å². The summed E-state index contributed by atoms with van der Waals surface area (Å²) in [7, 11) is 0. The van der Waals surface area contributed by atoms with E-state index in [1.807, 2.05) is 23.1 Å². The molecular weight excluding hydrogens is 339 g/mol. The number of anilines is 1. The van der Waals surface area contributed by atoms with Crippen LogP contribution in [0.25, 0.3) is 5.65 Å². The van der Waals surface area contributed by atoms with E-state index in [0.717, 1.165) is 5.56 Å². The molecule has 0 unspecified atom stereocenters. The Bertz CT molecular complexity index is 809. The second-order valence-corrected chi connectivity index (χ2v) is 5.78. The Morgan fingerprint density at radius 3 is 2.78 bits per heavy atom. The van der Waals surface area contributed by atoms with Crippen molar-refractivity contribution in [3.05, 3.63) is 45.9 Å². The zero-order valence-corrected chi connectivity index (χ0v) is 13.6. The lowest BCUT2D eigenvalue weighted by Crippen LogP contribution is -2.26. The predicted octanol–water partition coefficient (Wildman–Crippen LogP) is 2.22. The summed E-state index contributed by atoms with van der Waals surface area (Å²) in [5, 5.41) is 25.8. The van der Waals surface area contributed by atoms with Crippen molar-refractivity contribution in [1.29, 1.82) is 0 Å². The highest BCUT2D eigenvalue weighted by atomic mass is 35.5. The van der Waals surface area contributed by atoms with Gasteiger partial charge in [-0.3, -0.25) is 0 Å². The predicted molar refractivity (Wildman–Crippen MR) is 87.8 cm³/mol. The fourth-order valence-electron chi connectivity index (χ4n) is 2.20. The Balaban J connectivity index is 1.88. The summed E-state index contributed by atoms with van der Waals surface area (Å²) in [4.78, 5) is 2.02. The largest absolute Gasteiger partial charge is 0.396 e. The van der Waals surface area contributed by atoms with E-state index in [1.54, 1.807) is 12.1 Å². The average Bonchev–Trinajstić information content (AvgIpc) is 3.02. The first kappa shape index (κ1) is 15.9. The topological polar surface area (TPSA) is 79.4 Å². The third-order valence-corrected chi connectivity index (χ3v) is 4.06. The van der Waals surface area contributed by atoms with Crippen LogP contribution in [0.2, 0.25) is 10.0 Å². The molecular formula is C14H14Cl2N6O. The molecule has 0 saturated carbocycles. The smallest absolute Gasteiger partial charge is 0.200 e. The molecule has 3 rings (SSSR count). The fourth-order valence-corrected chi connectivity index (χ4v) is 2.52. The van der Waals surface area contributed by atoms with E-state index in [1.165, 1.54) is 4.63 Å². The summed E-state index contributed by atoms with van der Waals surface area (Å²) in [5.41, 5.74) is 1.57. The number of rotatable bonds is 6. The normalized spacial score (nSPS) is 11.1. The number of benzene rings is 1. The molecule has 2 heterocycles. The first-order chi connectivity index (χ1) is 11.2. The molecule has 23 heavy (non-hydrogen) atoms. The Kier molecular flexibility index (Phi) is 4.90.